The van der Waals surface area contributed by atoms with E-state index in [1.54, 1.807) is 0 Å². The predicted octanol–water partition coefficient (Wildman–Crippen LogP) is 6.11. The lowest BCUT2D eigenvalue weighted by Crippen LogP contribution is -2.54. The van der Waals surface area contributed by atoms with Crippen LogP contribution in [0.25, 0.3) is 0 Å². The van der Waals surface area contributed by atoms with Crippen LogP contribution in [0, 0.1) is 51.7 Å². The highest BCUT2D eigenvalue weighted by atomic mass is 16.5. The zero-order valence-electron chi connectivity index (χ0n) is 20.2. The molecule has 0 spiro atoms. The number of ketones is 1. The van der Waals surface area contributed by atoms with Crippen molar-refractivity contribution in [2.75, 3.05) is 6.61 Å². The summed E-state index contributed by atoms with van der Waals surface area (Å²) in [6.07, 6.45) is 10.8. The highest BCUT2D eigenvalue weighted by Gasteiger charge is 2.60. The number of carbonyl (C=O) groups excluding carboxylic acids is 2. The van der Waals surface area contributed by atoms with Crippen LogP contribution in [0.5, 0.6) is 0 Å². The molecule has 8 atom stereocenters. The third-order valence-electron chi connectivity index (χ3n) is 10.2. The van der Waals surface area contributed by atoms with Gasteiger partial charge in [0.05, 0.1) is 17.9 Å². The lowest BCUT2D eigenvalue weighted by atomic mass is 9.46. The normalized spacial score (nSPS) is 40.5. The van der Waals surface area contributed by atoms with Crippen LogP contribution in [0.4, 0.5) is 0 Å². The van der Waals surface area contributed by atoms with E-state index in [2.05, 4.69) is 32.9 Å². The number of esters is 1. The number of Topliss-reactive ketones (excluding diaryl/α,β-unsaturated/α-hetero) is 1. The van der Waals surface area contributed by atoms with Gasteiger partial charge in [-0.15, -0.1) is 0 Å². The molecule has 3 fully saturated rings. The quantitative estimate of drug-likeness (QED) is 0.447. The molecule has 3 saturated carbocycles. The number of carbonyl (C=O) groups is 2. The molecular weight excluding hydrogens is 410 g/mol. The van der Waals surface area contributed by atoms with Crippen molar-refractivity contribution in [1.29, 1.82) is 5.41 Å². The number of hydrogen-bond donors (Lipinski definition) is 1. The van der Waals surface area contributed by atoms with E-state index in [0.717, 1.165) is 6.42 Å². The van der Waals surface area contributed by atoms with Crippen LogP contribution < -0.4 is 0 Å². The van der Waals surface area contributed by atoms with E-state index in [1.807, 2.05) is 30.3 Å². The minimum absolute atomic E-state index is 0.00196. The molecule has 176 valence electrons. The van der Waals surface area contributed by atoms with E-state index < -0.39 is 0 Å². The average Bonchev–Trinajstić information content (AvgIpc) is 3.18. The van der Waals surface area contributed by atoms with Gasteiger partial charge in [-0.05, 0) is 84.7 Å². The number of nitrogens with one attached hydrogen (secondary N) is 1. The standard InChI is InChI=1S/C29H37NO3/c1-18(17-33-27(32)19-7-5-4-6-8-19)21-11-12-22-20-9-10-24-26(30)25(31)14-16-29(24,3)23(20)13-15-28(21,22)2/h4-10,18,20-24,30H,11-17H2,1-3H3/t18-,20+,21-,22+,23+,24?,28-,29-/m1/s1. The number of rotatable bonds is 4. The van der Waals surface area contributed by atoms with Gasteiger partial charge in [0.15, 0.2) is 5.78 Å². The van der Waals surface area contributed by atoms with Crippen molar-refractivity contribution in [3.63, 3.8) is 0 Å². The van der Waals surface area contributed by atoms with Crippen LogP contribution in [0.2, 0.25) is 0 Å². The van der Waals surface area contributed by atoms with E-state index in [0.29, 0.717) is 53.9 Å². The van der Waals surface area contributed by atoms with Gasteiger partial charge in [-0.1, -0.05) is 51.1 Å². The number of fused-ring (bicyclic) bond motifs is 5. The highest BCUT2D eigenvalue weighted by molar-refractivity contribution is 6.40. The minimum Gasteiger partial charge on any atom is -0.462 e. The van der Waals surface area contributed by atoms with Crippen LogP contribution in [0.3, 0.4) is 0 Å². The second-order valence-electron chi connectivity index (χ2n) is 11.7. The number of benzene rings is 1. The fourth-order valence-electron chi connectivity index (χ4n) is 8.34. The Morgan fingerprint density at radius 2 is 1.79 bits per heavy atom. The zero-order valence-corrected chi connectivity index (χ0v) is 20.2. The van der Waals surface area contributed by atoms with Gasteiger partial charge in [0.25, 0.3) is 0 Å². The first kappa shape index (κ1) is 22.6. The zero-order chi connectivity index (χ0) is 23.4. The second kappa shape index (κ2) is 8.21. The molecule has 0 heterocycles. The fourth-order valence-corrected chi connectivity index (χ4v) is 8.34. The molecule has 4 aliphatic carbocycles. The summed E-state index contributed by atoms with van der Waals surface area (Å²) in [5.41, 5.74) is 1.25. The molecule has 4 nitrogen and oxygen atoms in total. The summed E-state index contributed by atoms with van der Waals surface area (Å²) in [6.45, 7) is 7.56. The van der Waals surface area contributed by atoms with E-state index in [1.165, 1.54) is 25.7 Å². The van der Waals surface area contributed by atoms with Crippen LogP contribution in [-0.2, 0) is 9.53 Å². The van der Waals surface area contributed by atoms with Crippen molar-refractivity contribution in [2.24, 2.45) is 46.3 Å². The summed E-state index contributed by atoms with van der Waals surface area (Å²) in [6, 6.07) is 9.26. The largest absolute Gasteiger partial charge is 0.462 e. The third-order valence-corrected chi connectivity index (χ3v) is 10.2. The van der Waals surface area contributed by atoms with Crippen LogP contribution in [0.15, 0.2) is 42.5 Å². The molecule has 0 bridgehead atoms. The van der Waals surface area contributed by atoms with Crippen molar-refractivity contribution in [1.82, 2.24) is 0 Å². The Morgan fingerprint density at radius 3 is 2.55 bits per heavy atom. The van der Waals surface area contributed by atoms with Gasteiger partial charge < -0.3 is 10.1 Å². The lowest BCUT2D eigenvalue weighted by Gasteiger charge is -2.58. The molecule has 4 aliphatic rings. The fraction of sp³-hybridized carbons (Fsp3) is 0.621. The van der Waals surface area contributed by atoms with Gasteiger partial charge in [-0.3, -0.25) is 4.79 Å². The Bertz CT molecular complexity index is 984. The minimum atomic E-state index is -0.227. The Labute approximate surface area is 197 Å². The van der Waals surface area contributed by atoms with E-state index in [4.69, 9.17) is 10.1 Å². The average molecular weight is 448 g/mol. The van der Waals surface area contributed by atoms with E-state index in [9.17, 15) is 9.59 Å². The Hall–Kier alpha value is -2.23. The first-order valence-corrected chi connectivity index (χ1v) is 12.8. The molecule has 0 saturated heterocycles. The van der Waals surface area contributed by atoms with Crippen LogP contribution in [0.1, 0.15) is 69.7 Å². The Morgan fingerprint density at radius 1 is 1.06 bits per heavy atom. The molecule has 0 radical (unpaired) electrons. The molecule has 1 unspecified atom stereocenters. The van der Waals surface area contributed by atoms with Gasteiger partial charge in [0.2, 0.25) is 0 Å². The van der Waals surface area contributed by atoms with Crippen molar-refractivity contribution in [3.05, 3.63) is 48.0 Å². The molecule has 5 rings (SSSR count). The van der Waals surface area contributed by atoms with Gasteiger partial charge in [-0.25, -0.2) is 4.79 Å². The van der Waals surface area contributed by atoms with Gasteiger partial charge in [0, 0.05) is 12.3 Å². The SMILES string of the molecule is C[C@H](COC(=O)c1ccccc1)[C@H]1CC[C@H]2[C@@H]3C=CC4C(=N)C(=O)CC[C@]4(C)[C@H]3CC[C@]12C. The van der Waals surface area contributed by atoms with Crippen molar-refractivity contribution in [3.8, 4) is 0 Å². The molecule has 33 heavy (non-hydrogen) atoms. The summed E-state index contributed by atoms with van der Waals surface area (Å²) in [5, 5.41) is 8.43. The molecule has 1 aromatic carbocycles. The summed E-state index contributed by atoms with van der Waals surface area (Å²) in [4.78, 5) is 24.7. The second-order valence-corrected chi connectivity index (χ2v) is 11.7. The highest BCUT2D eigenvalue weighted by Crippen LogP contribution is 2.66. The number of ether oxygens (including phenoxy) is 1. The summed E-state index contributed by atoms with van der Waals surface area (Å²) in [5.74, 6) is 2.43. The summed E-state index contributed by atoms with van der Waals surface area (Å²) < 4.78 is 5.73. The van der Waals surface area contributed by atoms with Crippen molar-refractivity contribution in [2.45, 2.75) is 59.3 Å². The van der Waals surface area contributed by atoms with Crippen molar-refractivity contribution >= 4 is 17.5 Å². The lowest BCUT2D eigenvalue weighted by molar-refractivity contribution is -0.117. The van der Waals surface area contributed by atoms with Crippen LogP contribution >= 0.6 is 0 Å². The first-order chi connectivity index (χ1) is 15.8. The number of hydrogen-bond acceptors (Lipinski definition) is 4. The first-order valence-electron chi connectivity index (χ1n) is 12.8. The smallest absolute Gasteiger partial charge is 0.338 e. The summed E-state index contributed by atoms with van der Waals surface area (Å²) >= 11 is 0. The van der Waals surface area contributed by atoms with E-state index >= 15 is 0 Å². The summed E-state index contributed by atoms with van der Waals surface area (Å²) in [7, 11) is 0. The molecule has 0 aliphatic heterocycles. The molecular formula is C29H37NO3. The number of allylic oxidation sites excluding steroid dienone is 2. The predicted molar refractivity (Wildman–Crippen MR) is 129 cm³/mol. The maximum absolute atomic E-state index is 12.5. The van der Waals surface area contributed by atoms with Gasteiger partial charge >= 0.3 is 5.97 Å². The molecule has 0 aromatic heterocycles. The maximum Gasteiger partial charge on any atom is 0.338 e. The molecule has 1 aromatic rings. The monoisotopic (exact) mass is 447 g/mol. The van der Waals surface area contributed by atoms with Crippen LogP contribution in [-0.4, -0.2) is 24.1 Å². The van der Waals surface area contributed by atoms with Gasteiger partial charge in [0.1, 0.15) is 0 Å². The Kier molecular flexibility index (Phi) is 5.61. The van der Waals surface area contributed by atoms with E-state index in [-0.39, 0.29) is 28.5 Å². The third kappa shape index (κ3) is 3.52. The Balaban J connectivity index is 1.31. The van der Waals surface area contributed by atoms with Crippen molar-refractivity contribution < 1.29 is 14.3 Å². The van der Waals surface area contributed by atoms with Gasteiger partial charge in [-0.2, -0.15) is 0 Å². The molecule has 0 amide bonds. The topological polar surface area (TPSA) is 67.2 Å². The molecule has 1 N–H and O–H groups in total. The maximum atomic E-state index is 12.5. The molecule has 4 heteroatoms.